The van der Waals surface area contributed by atoms with Gasteiger partial charge in [0.15, 0.2) is 0 Å². The van der Waals surface area contributed by atoms with Gasteiger partial charge in [-0.15, -0.1) is 12.4 Å². The van der Waals surface area contributed by atoms with E-state index in [1.807, 2.05) is 24.3 Å². The fourth-order valence-electron chi connectivity index (χ4n) is 3.92. The highest BCUT2D eigenvalue weighted by Crippen LogP contribution is 2.30. The third-order valence-electron chi connectivity index (χ3n) is 5.50. The molecule has 1 aromatic heterocycles. The molecule has 0 fully saturated rings. The van der Waals surface area contributed by atoms with Crippen LogP contribution in [0.4, 0.5) is 5.69 Å². The molecule has 0 spiro atoms. The van der Waals surface area contributed by atoms with Gasteiger partial charge in [-0.25, -0.2) is 0 Å². The molecule has 1 unspecified atom stereocenters. The van der Waals surface area contributed by atoms with Crippen molar-refractivity contribution in [3.8, 4) is 17.0 Å². The predicted molar refractivity (Wildman–Crippen MR) is 132 cm³/mol. The Morgan fingerprint density at radius 2 is 1.71 bits per heavy atom. The molecule has 4 rings (SSSR count). The number of halogens is 1. The van der Waals surface area contributed by atoms with E-state index in [4.69, 9.17) is 4.74 Å². The number of nitrogens with zero attached hydrogens (tertiary/aromatic N) is 1. The maximum atomic E-state index is 10.8. The van der Waals surface area contributed by atoms with Crippen molar-refractivity contribution in [3.05, 3.63) is 83.9 Å². The Labute approximate surface area is 189 Å². The van der Waals surface area contributed by atoms with Gasteiger partial charge in [-0.2, -0.15) is 0 Å². The molecule has 4 nitrogen and oxygen atoms in total. The highest BCUT2D eigenvalue weighted by molar-refractivity contribution is 5.87. The normalized spacial score (nSPS) is 11.7. The van der Waals surface area contributed by atoms with Gasteiger partial charge in [0.1, 0.15) is 5.75 Å². The summed E-state index contributed by atoms with van der Waals surface area (Å²) in [6.45, 7) is 5.16. The molecule has 0 saturated carbocycles. The number of nitrogens with one attached hydrogen (secondary N) is 1. The molecule has 3 aromatic carbocycles. The number of fused-ring (bicyclic) bond motifs is 1. The minimum absolute atomic E-state index is 0. The number of benzene rings is 3. The molecule has 1 heterocycles. The predicted octanol–water partition coefficient (Wildman–Crippen LogP) is 5.83. The van der Waals surface area contributed by atoms with Crippen LogP contribution in [0.2, 0.25) is 0 Å². The van der Waals surface area contributed by atoms with E-state index in [1.54, 1.807) is 7.11 Å². The second-order valence-electron chi connectivity index (χ2n) is 7.78. The topological polar surface area (TPSA) is 46.4 Å². The van der Waals surface area contributed by atoms with E-state index >= 15 is 0 Å². The first-order valence-corrected chi connectivity index (χ1v) is 10.3. The monoisotopic (exact) mass is 436 g/mol. The van der Waals surface area contributed by atoms with Crippen molar-refractivity contribution in [3.63, 3.8) is 0 Å². The standard InChI is InChI=1S/C26H28N2O2.ClH/c1-18-8-13-24(19(2)14-18)27-16-22(29)17-28-25-7-5-4-6-21(25)15-26(28)20-9-11-23(30-3)12-10-20;/h4-15,22,27,29H,16-17H2,1-3H3;1H. The van der Waals surface area contributed by atoms with Crippen LogP contribution in [0.1, 0.15) is 11.1 Å². The average molecular weight is 437 g/mol. The number of aromatic nitrogens is 1. The van der Waals surface area contributed by atoms with Gasteiger partial charge < -0.3 is 19.7 Å². The molecule has 0 aliphatic heterocycles. The van der Waals surface area contributed by atoms with Gasteiger partial charge in [-0.05, 0) is 67.4 Å². The zero-order valence-corrected chi connectivity index (χ0v) is 18.9. The SMILES string of the molecule is COc1ccc(-c2cc3ccccc3n2CC(O)CNc2ccc(C)cc2C)cc1.Cl. The van der Waals surface area contributed by atoms with E-state index in [0.29, 0.717) is 13.1 Å². The number of ether oxygens (including phenoxy) is 1. The van der Waals surface area contributed by atoms with E-state index in [-0.39, 0.29) is 12.4 Å². The van der Waals surface area contributed by atoms with Crippen LogP contribution < -0.4 is 10.1 Å². The van der Waals surface area contributed by atoms with E-state index in [1.165, 1.54) is 11.1 Å². The smallest absolute Gasteiger partial charge is 0.118 e. The van der Waals surface area contributed by atoms with Gasteiger partial charge in [0.2, 0.25) is 0 Å². The number of rotatable bonds is 7. The number of aryl methyl sites for hydroxylation is 2. The maximum Gasteiger partial charge on any atom is 0.118 e. The summed E-state index contributed by atoms with van der Waals surface area (Å²) in [5.41, 5.74) is 6.79. The summed E-state index contributed by atoms with van der Waals surface area (Å²) in [4.78, 5) is 0. The summed E-state index contributed by atoms with van der Waals surface area (Å²) in [6, 6.07) is 24.8. The lowest BCUT2D eigenvalue weighted by molar-refractivity contribution is 0.169. The average Bonchev–Trinajstić information content (AvgIpc) is 3.11. The van der Waals surface area contributed by atoms with Gasteiger partial charge in [0.05, 0.1) is 19.8 Å². The molecule has 0 amide bonds. The molecule has 2 N–H and O–H groups in total. The number of para-hydroxylation sites is 1. The highest BCUT2D eigenvalue weighted by atomic mass is 35.5. The Kier molecular flexibility index (Phi) is 7.26. The van der Waals surface area contributed by atoms with E-state index in [0.717, 1.165) is 33.6 Å². The summed E-state index contributed by atoms with van der Waals surface area (Å²) in [7, 11) is 1.67. The fraction of sp³-hybridized carbons (Fsp3) is 0.231. The molecular weight excluding hydrogens is 408 g/mol. The largest absolute Gasteiger partial charge is 0.497 e. The summed E-state index contributed by atoms with van der Waals surface area (Å²) in [5.74, 6) is 0.833. The molecule has 0 saturated heterocycles. The molecule has 4 aromatic rings. The maximum absolute atomic E-state index is 10.8. The Bertz CT molecular complexity index is 1150. The van der Waals surface area contributed by atoms with Crippen LogP contribution in [-0.4, -0.2) is 29.4 Å². The zero-order chi connectivity index (χ0) is 21.1. The summed E-state index contributed by atoms with van der Waals surface area (Å²) in [5, 5.41) is 15.4. The molecule has 0 bridgehead atoms. The van der Waals surface area contributed by atoms with Gasteiger partial charge in [0.25, 0.3) is 0 Å². The minimum Gasteiger partial charge on any atom is -0.497 e. The molecule has 5 heteroatoms. The lowest BCUT2D eigenvalue weighted by atomic mass is 10.1. The van der Waals surface area contributed by atoms with Crippen molar-refractivity contribution < 1.29 is 9.84 Å². The number of hydrogen-bond donors (Lipinski definition) is 2. The van der Waals surface area contributed by atoms with E-state index in [9.17, 15) is 5.11 Å². The van der Waals surface area contributed by atoms with Gasteiger partial charge >= 0.3 is 0 Å². The van der Waals surface area contributed by atoms with Crippen molar-refractivity contribution in [1.82, 2.24) is 4.57 Å². The third kappa shape index (κ3) is 5.04. The summed E-state index contributed by atoms with van der Waals surface area (Å²) >= 11 is 0. The second kappa shape index (κ2) is 9.90. The number of methoxy groups -OCH3 is 1. The first kappa shape index (κ1) is 22.7. The van der Waals surface area contributed by atoms with Crippen LogP contribution in [0.25, 0.3) is 22.2 Å². The van der Waals surface area contributed by atoms with Gasteiger partial charge in [-0.1, -0.05) is 35.9 Å². The zero-order valence-electron chi connectivity index (χ0n) is 18.1. The Hall–Kier alpha value is -2.95. The quantitative estimate of drug-likeness (QED) is 0.383. The van der Waals surface area contributed by atoms with Crippen LogP contribution >= 0.6 is 12.4 Å². The number of hydrogen-bond acceptors (Lipinski definition) is 3. The van der Waals surface area contributed by atoms with Crippen LogP contribution in [0.3, 0.4) is 0 Å². The van der Waals surface area contributed by atoms with E-state index < -0.39 is 6.10 Å². The minimum atomic E-state index is -0.529. The lowest BCUT2D eigenvalue weighted by Crippen LogP contribution is -2.25. The Morgan fingerprint density at radius 3 is 2.42 bits per heavy atom. The number of anilines is 1. The van der Waals surface area contributed by atoms with Crippen LogP contribution in [0, 0.1) is 13.8 Å². The van der Waals surface area contributed by atoms with Crippen molar-refractivity contribution in [1.29, 1.82) is 0 Å². The van der Waals surface area contributed by atoms with Gasteiger partial charge in [-0.3, -0.25) is 0 Å². The van der Waals surface area contributed by atoms with Crippen LogP contribution in [-0.2, 0) is 6.54 Å². The molecule has 0 aliphatic rings. The van der Waals surface area contributed by atoms with Crippen molar-refractivity contribution in [2.24, 2.45) is 0 Å². The first-order valence-electron chi connectivity index (χ1n) is 10.3. The Balaban J connectivity index is 0.00000272. The van der Waals surface area contributed by atoms with Crippen molar-refractivity contribution in [2.45, 2.75) is 26.5 Å². The Morgan fingerprint density at radius 1 is 0.968 bits per heavy atom. The van der Waals surface area contributed by atoms with Crippen LogP contribution in [0.5, 0.6) is 5.75 Å². The number of aliphatic hydroxyl groups is 1. The number of aliphatic hydroxyl groups excluding tert-OH is 1. The highest BCUT2D eigenvalue weighted by Gasteiger charge is 2.14. The first-order chi connectivity index (χ1) is 14.5. The van der Waals surface area contributed by atoms with Crippen molar-refractivity contribution >= 4 is 29.0 Å². The second-order valence-corrected chi connectivity index (χ2v) is 7.78. The van der Waals surface area contributed by atoms with Crippen molar-refractivity contribution in [2.75, 3.05) is 19.0 Å². The molecule has 162 valence electrons. The molecule has 0 radical (unpaired) electrons. The van der Waals surface area contributed by atoms with Crippen LogP contribution in [0.15, 0.2) is 72.8 Å². The molecule has 31 heavy (non-hydrogen) atoms. The van der Waals surface area contributed by atoms with E-state index in [2.05, 4.69) is 72.3 Å². The molecular formula is C26H29ClN2O2. The summed E-state index contributed by atoms with van der Waals surface area (Å²) in [6.07, 6.45) is -0.529. The lowest BCUT2D eigenvalue weighted by Gasteiger charge is -2.18. The van der Waals surface area contributed by atoms with Gasteiger partial charge in [0, 0.05) is 28.8 Å². The fourth-order valence-corrected chi connectivity index (χ4v) is 3.92. The third-order valence-corrected chi connectivity index (χ3v) is 5.50. The summed E-state index contributed by atoms with van der Waals surface area (Å²) < 4.78 is 7.49. The molecule has 0 aliphatic carbocycles. The molecule has 1 atom stereocenters.